The van der Waals surface area contributed by atoms with Crippen LogP contribution in [-0.4, -0.2) is 47.1 Å². The van der Waals surface area contributed by atoms with Crippen LogP contribution in [0.3, 0.4) is 0 Å². The molecule has 0 unspecified atom stereocenters. The van der Waals surface area contributed by atoms with Crippen LogP contribution in [0.15, 0.2) is 22.7 Å². The summed E-state index contributed by atoms with van der Waals surface area (Å²) < 4.78 is 38.6. The molecule has 2 aliphatic heterocycles. The van der Waals surface area contributed by atoms with Crippen LogP contribution >= 0.6 is 15.9 Å². The van der Waals surface area contributed by atoms with Gasteiger partial charge in [0.05, 0.1) is 38.5 Å². The molecule has 1 fully saturated rings. The molecule has 8 nitrogen and oxygen atoms in total. The van der Waals surface area contributed by atoms with Crippen LogP contribution in [0.25, 0.3) is 0 Å². The van der Waals surface area contributed by atoms with Crippen LogP contribution < -0.4 is 28.4 Å². The first-order valence-electron chi connectivity index (χ1n) is 8.70. The predicted molar refractivity (Wildman–Crippen MR) is 105 cm³/mol. The molecule has 2 aliphatic rings. The van der Waals surface area contributed by atoms with Crippen LogP contribution in [0.5, 0.6) is 34.5 Å². The molecule has 0 radical (unpaired) electrons. The van der Waals surface area contributed by atoms with E-state index in [0.29, 0.717) is 33.2 Å². The van der Waals surface area contributed by atoms with Crippen molar-refractivity contribution in [1.29, 1.82) is 0 Å². The van der Waals surface area contributed by atoms with E-state index in [1.54, 1.807) is 26.4 Å². The van der Waals surface area contributed by atoms with Crippen LogP contribution in [0, 0.1) is 0 Å². The highest BCUT2D eigenvalue weighted by Crippen LogP contribution is 2.55. The highest BCUT2D eigenvalue weighted by Gasteiger charge is 2.49. The van der Waals surface area contributed by atoms with E-state index in [1.807, 2.05) is 6.07 Å². The van der Waals surface area contributed by atoms with Gasteiger partial charge in [0.1, 0.15) is 6.10 Å². The van der Waals surface area contributed by atoms with Crippen molar-refractivity contribution in [1.82, 2.24) is 0 Å². The van der Waals surface area contributed by atoms with E-state index in [-0.39, 0.29) is 23.9 Å². The standard InChI is InChI=1S/C20H19BrO8/c1-23-10-6-5-9(7-11(10)24-2)15-18(29-15)14(22)12-13(21)17-20(28-8-27-17)19(26-4)16(12)25-3/h5-7,15,18H,8H2,1-4H3/t15-,18+/m1/s1. The highest BCUT2D eigenvalue weighted by molar-refractivity contribution is 9.10. The third kappa shape index (κ3) is 3.14. The van der Waals surface area contributed by atoms with Crippen molar-refractivity contribution in [3.8, 4) is 34.5 Å². The van der Waals surface area contributed by atoms with Gasteiger partial charge in [-0.05, 0) is 33.6 Å². The number of Topliss-reactive ketones (excluding diaryl/α,β-unsaturated/α-hetero) is 1. The van der Waals surface area contributed by atoms with Gasteiger partial charge in [0.2, 0.25) is 18.3 Å². The monoisotopic (exact) mass is 466 g/mol. The Balaban J connectivity index is 1.69. The van der Waals surface area contributed by atoms with E-state index in [1.165, 1.54) is 14.2 Å². The molecule has 0 aliphatic carbocycles. The number of methoxy groups -OCH3 is 4. The normalized spacial score (nSPS) is 18.9. The smallest absolute Gasteiger partial charge is 0.231 e. The van der Waals surface area contributed by atoms with Gasteiger partial charge in [0.25, 0.3) is 0 Å². The molecular formula is C20H19BrO8. The fourth-order valence-corrected chi connectivity index (χ4v) is 4.05. The van der Waals surface area contributed by atoms with Crippen molar-refractivity contribution in [2.75, 3.05) is 35.2 Å². The quantitative estimate of drug-likeness (QED) is 0.452. The number of halogens is 1. The first-order chi connectivity index (χ1) is 14.0. The van der Waals surface area contributed by atoms with E-state index in [0.717, 1.165) is 5.56 Å². The van der Waals surface area contributed by atoms with E-state index in [2.05, 4.69) is 15.9 Å². The lowest BCUT2D eigenvalue weighted by Gasteiger charge is -2.15. The fraction of sp³-hybridized carbons (Fsp3) is 0.350. The number of carbonyl (C=O) groups is 1. The van der Waals surface area contributed by atoms with Crippen LogP contribution in [0.4, 0.5) is 0 Å². The van der Waals surface area contributed by atoms with Crippen molar-refractivity contribution < 1.29 is 38.0 Å². The zero-order chi connectivity index (χ0) is 20.7. The van der Waals surface area contributed by atoms with Gasteiger partial charge < -0.3 is 33.2 Å². The summed E-state index contributed by atoms with van der Waals surface area (Å²) in [7, 11) is 6.05. The van der Waals surface area contributed by atoms with E-state index < -0.39 is 12.2 Å². The van der Waals surface area contributed by atoms with Crippen molar-refractivity contribution in [2.45, 2.75) is 12.2 Å². The molecule has 0 aromatic heterocycles. The third-order valence-corrected chi connectivity index (χ3v) is 5.57. The average molecular weight is 467 g/mol. The summed E-state index contributed by atoms with van der Waals surface area (Å²) in [6.45, 7) is 0.0271. The zero-order valence-electron chi connectivity index (χ0n) is 16.2. The molecule has 0 N–H and O–H groups in total. The Kier molecular flexibility index (Phi) is 5.18. The molecule has 9 heteroatoms. The van der Waals surface area contributed by atoms with Crippen molar-refractivity contribution >= 4 is 21.7 Å². The summed E-state index contributed by atoms with van der Waals surface area (Å²) in [5.74, 6) is 2.25. The third-order valence-electron chi connectivity index (χ3n) is 4.81. The van der Waals surface area contributed by atoms with Crippen molar-refractivity contribution in [3.05, 3.63) is 33.8 Å². The maximum atomic E-state index is 13.3. The second-order valence-electron chi connectivity index (χ2n) is 6.28. The molecule has 2 aromatic rings. The topological polar surface area (TPSA) is 85.0 Å². The number of hydrogen-bond donors (Lipinski definition) is 0. The number of hydrogen-bond acceptors (Lipinski definition) is 8. The summed E-state index contributed by atoms with van der Waals surface area (Å²) in [5.41, 5.74) is 1.09. The first-order valence-corrected chi connectivity index (χ1v) is 9.49. The molecule has 0 saturated carbocycles. The SMILES string of the molecule is COc1ccc([C@H]2O[C@H]2C(=O)c2c(Br)c3c(c(OC)c2OC)OCO3)cc1OC. The summed E-state index contributed by atoms with van der Waals surface area (Å²) in [6.07, 6.45) is -1.08. The van der Waals surface area contributed by atoms with Gasteiger partial charge in [-0.3, -0.25) is 4.79 Å². The first kappa shape index (κ1) is 19.7. The Morgan fingerprint density at radius 2 is 1.66 bits per heavy atom. The molecule has 0 amide bonds. The lowest BCUT2D eigenvalue weighted by molar-refractivity contribution is 0.0948. The Bertz CT molecular complexity index is 974. The van der Waals surface area contributed by atoms with Gasteiger partial charge in [-0.1, -0.05) is 6.07 Å². The van der Waals surface area contributed by atoms with Gasteiger partial charge in [-0.25, -0.2) is 0 Å². The fourth-order valence-electron chi connectivity index (χ4n) is 3.38. The zero-order valence-corrected chi connectivity index (χ0v) is 17.8. The summed E-state index contributed by atoms with van der Waals surface area (Å²) >= 11 is 3.45. The van der Waals surface area contributed by atoms with Crippen molar-refractivity contribution in [3.63, 3.8) is 0 Å². The number of epoxide rings is 1. The van der Waals surface area contributed by atoms with E-state index in [4.69, 9.17) is 33.2 Å². The van der Waals surface area contributed by atoms with Gasteiger partial charge in [-0.15, -0.1) is 0 Å². The van der Waals surface area contributed by atoms with Gasteiger partial charge in [0.15, 0.2) is 34.9 Å². The Labute approximate surface area is 175 Å². The largest absolute Gasteiger partial charge is 0.493 e. The Hall–Kier alpha value is -2.65. The molecule has 0 bridgehead atoms. The Morgan fingerprint density at radius 3 is 2.31 bits per heavy atom. The summed E-state index contributed by atoms with van der Waals surface area (Å²) in [5, 5.41) is 0. The molecule has 2 aromatic carbocycles. The van der Waals surface area contributed by atoms with Gasteiger partial charge in [0, 0.05) is 0 Å². The van der Waals surface area contributed by atoms with Crippen LogP contribution in [-0.2, 0) is 4.74 Å². The minimum Gasteiger partial charge on any atom is -0.493 e. The molecule has 2 heterocycles. The summed E-state index contributed by atoms with van der Waals surface area (Å²) in [6, 6.07) is 5.41. The molecule has 29 heavy (non-hydrogen) atoms. The van der Waals surface area contributed by atoms with Crippen LogP contribution in [0.1, 0.15) is 22.0 Å². The van der Waals surface area contributed by atoms with Crippen molar-refractivity contribution in [2.24, 2.45) is 0 Å². The minimum absolute atomic E-state index is 0.0271. The lowest BCUT2D eigenvalue weighted by Crippen LogP contribution is -2.12. The van der Waals surface area contributed by atoms with Gasteiger partial charge >= 0.3 is 0 Å². The second kappa shape index (κ2) is 7.64. The van der Waals surface area contributed by atoms with E-state index >= 15 is 0 Å². The van der Waals surface area contributed by atoms with Gasteiger partial charge in [-0.2, -0.15) is 0 Å². The highest BCUT2D eigenvalue weighted by atomic mass is 79.9. The summed E-state index contributed by atoms with van der Waals surface area (Å²) in [4.78, 5) is 13.3. The maximum absolute atomic E-state index is 13.3. The molecule has 154 valence electrons. The number of rotatable bonds is 7. The molecule has 2 atom stereocenters. The molecule has 1 saturated heterocycles. The Morgan fingerprint density at radius 1 is 0.966 bits per heavy atom. The number of fused-ring (bicyclic) bond motifs is 1. The molecular weight excluding hydrogens is 448 g/mol. The second-order valence-corrected chi connectivity index (χ2v) is 7.07. The number of ketones is 1. The number of ether oxygens (including phenoxy) is 7. The van der Waals surface area contributed by atoms with Crippen LogP contribution in [0.2, 0.25) is 0 Å². The van der Waals surface area contributed by atoms with E-state index in [9.17, 15) is 4.79 Å². The number of benzene rings is 2. The molecule has 4 rings (SSSR count). The number of carbonyl (C=O) groups excluding carboxylic acids is 1. The maximum Gasteiger partial charge on any atom is 0.231 e. The average Bonchev–Trinajstić information content (AvgIpc) is 3.40. The minimum atomic E-state index is -0.677. The lowest BCUT2D eigenvalue weighted by atomic mass is 10.0. The molecule has 0 spiro atoms. The predicted octanol–water partition coefficient (Wildman–Crippen LogP) is 3.54.